The number of nitrogens with one attached hydrogen (secondary N) is 1. The Balaban J connectivity index is 0.000000232. The fourth-order valence-corrected chi connectivity index (χ4v) is 9.35. The number of nitrogen functional groups attached to an aromatic ring is 1. The summed E-state index contributed by atoms with van der Waals surface area (Å²) in [6.07, 6.45) is 10.4. The summed E-state index contributed by atoms with van der Waals surface area (Å²) in [6, 6.07) is 20.1. The van der Waals surface area contributed by atoms with Gasteiger partial charge in [0, 0.05) is 43.8 Å². The average molecular weight is 927 g/mol. The molecular formula is C48H62N8O7S2. The van der Waals surface area contributed by atoms with Crippen molar-refractivity contribution < 1.29 is 23.8 Å². The van der Waals surface area contributed by atoms with E-state index in [1.54, 1.807) is 40.8 Å². The summed E-state index contributed by atoms with van der Waals surface area (Å²) in [7, 11) is 0. The first-order valence-electron chi connectivity index (χ1n) is 22.3. The molecule has 0 unspecified atom stereocenters. The molecule has 2 aromatic heterocycles. The lowest BCUT2D eigenvalue weighted by Crippen LogP contribution is -2.32. The largest absolute Gasteiger partial charge is 0.500 e. The van der Waals surface area contributed by atoms with Crippen LogP contribution in [0.5, 0.6) is 0 Å². The molecule has 2 aromatic carbocycles. The summed E-state index contributed by atoms with van der Waals surface area (Å²) in [5, 5.41) is 21.8. The van der Waals surface area contributed by atoms with E-state index in [1.165, 1.54) is 84.9 Å². The van der Waals surface area contributed by atoms with Crippen LogP contribution in [0, 0.1) is 22.7 Å². The fourth-order valence-electron chi connectivity index (χ4n) is 7.20. The first-order valence-corrected chi connectivity index (χ1v) is 23.9. The van der Waals surface area contributed by atoms with E-state index in [4.69, 9.17) is 25.2 Å². The zero-order valence-electron chi connectivity index (χ0n) is 38.2. The van der Waals surface area contributed by atoms with Crippen LogP contribution in [-0.2, 0) is 49.7 Å². The van der Waals surface area contributed by atoms with Gasteiger partial charge in [0.05, 0.1) is 19.8 Å². The van der Waals surface area contributed by atoms with Crippen molar-refractivity contribution in [2.75, 3.05) is 70.1 Å². The van der Waals surface area contributed by atoms with Gasteiger partial charge in [-0.15, -0.1) is 22.7 Å². The molecule has 65 heavy (non-hydrogen) atoms. The van der Waals surface area contributed by atoms with E-state index in [-0.39, 0.29) is 35.5 Å². The summed E-state index contributed by atoms with van der Waals surface area (Å²) >= 11 is 2.16. The van der Waals surface area contributed by atoms with Crippen LogP contribution in [0.2, 0.25) is 0 Å². The molecule has 4 heterocycles. The maximum absolute atomic E-state index is 12.8. The van der Waals surface area contributed by atoms with E-state index in [1.807, 2.05) is 36.4 Å². The Hall–Kier alpha value is -5.98. The summed E-state index contributed by atoms with van der Waals surface area (Å²) in [4.78, 5) is 53.8. The van der Waals surface area contributed by atoms with Crippen LogP contribution in [0.15, 0.2) is 58.1 Å². The number of hydrogen-bond donors (Lipinski definition) is 2. The first-order chi connectivity index (χ1) is 31.5. The fraction of sp³-hybridized carbons (Fsp3) is 0.458. The van der Waals surface area contributed by atoms with Crippen LogP contribution < -0.4 is 40.6 Å². The van der Waals surface area contributed by atoms with Crippen molar-refractivity contribution in [3.8, 4) is 12.1 Å². The summed E-state index contributed by atoms with van der Waals surface area (Å²) < 4.78 is 19.1. The van der Waals surface area contributed by atoms with Crippen molar-refractivity contribution in [1.82, 2.24) is 18.9 Å². The molecule has 0 atom stereocenters. The number of nitrogens with zero attached hydrogens (tertiary/aromatic N) is 6. The maximum atomic E-state index is 12.8. The molecule has 4 aromatic rings. The molecule has 0 saturated carbocycles. The smallest absolute Gasteiger partial charge is 0.351 e. The highest BCUT2D eigenvalue weighted by Crippen LogP contribution is 2.14. The highest BCUT2D eigenvalue weighted by atomic mass is 32.1. The standard InChI is InChI=1S/C23H28N4O3S.C13H16N2O4S.C12H18N2/c1-3-27-21(28)20(31-22(27)19(15-24)23(29)30-4-2)16-25-18-9-7-8-17(14-18)10-13-26-11-5-6-12-26;1-4-15-11(16)10(8-18-5-2)20-12(15)9(7-14)13(17)19-6-3;13-12-5-3-4-11(10-12)6-9-14-7-1-2-8-14/h7-9,14,16,25H,3-6,10-13H2,1-2H3;8H,4-6H2,1-3H3;3-5,10H,1-2,6-9,13H2. The number of esters is 2. The molecule has 0 amide bonds. The van der Waals surface area contributed by atoms with E-state index in [2.05, 4.69) is 39.4 Å². The number of benzene rings is 2. The number of anilines is 2. The highest BCUT2D eigenvalue weighted by molar-refractivity contribution is 7.08. The van der Waals surface area contributed by atoms with Gasteiger partial charge in [0.25, 0.3) is 11.1 Å². The third-order valence-corrected chi connectivity index (χ3v) is 12.7. The minimum Gasteiger partial charge on any atom is -0.500 e. The van der Waals surface area contributed by atoms with E-state index in [0.717, 1.165) is 53.4 Å². The van der Waals surface area contributed by atoms with Crippen molar-refractivity contribution in [1.29, 1.82) is 10.5 Å². The molecular weight excluding hydrogens is 865 g/mol. The Bertz CT molecular complexity index is 2660. The van der Waals surface area contributed by atoms with Gasteiger partial charge in [-0.2, -0.15) is 10.5 Å². The average Bonchev–Trinajstić information content (AvgIpc) is 4.14. The minimum absolute atomic E-state index is 0.144. The van der Waals surface area contributed by atoms with Gasteiger partial charge >= 0.3 is 11.9 Å². The molecule has 2 saturated heterocycles. The number of carbonyl (C=O) groups excluding carboxylic acids is 2. The normalized spacial score (nSPS) is 15.1. The number of nitrogens with two attached hydrogens (primary N) is 1. The van der Waals surface area contributed by atoms with Gasteiger partial charge in [-0.1, -0.05) is 24.3 Å². The summed E-state index contributed by atoms with van der Waals surface area (Å²) in [5.74, 6) is -1.43. The molecule has 2 aliphatic heterocycles. The quantitative estimate of drug-likeness (QED) is 0.123. The number of rotatable bonds is 16. The van der Waals surface area contributed by atoms with Gasteiger partial charge in [0.2, 0.25) is 0 Å². The molecule has 0 radical (unpaired) electrons. The topological polar surface area (TPSA) is 198 Å². The molecule has 2 aliphatic rings. The molecule has 0 aliphatic carbocycles. The van der Waals surface area contributed by atoms with Gasteiger partial charge in [0.1, 0.15) is 36.8 Å². The lowest BCUT2D eigenvalue weighted by molar-refractivity contribution is -0.136. The summed E-state index contributed by atoms with van der Waals surface area (Å²) in [6.45, 7) is 17.4. The Morgan fingerprint density at radius 2 is 1.18 bits per heavy atom. The Morgan fingerprint density at radius 3 is 1.65 bits per heavy atom. The van der Waals surface area contributed by atoms with Gasteiger partial charge < -0.3 is 35.1 Å². The highest BCUT2D eigenvalue weighted by Gasteiger charge is 2.18. The van der Waals surface area contributed by atoms with Crippen molar-refractivity contribution in [2.45, 2.75) is 86.2 Å². The van der Waals surface area contributed by atoms with Crippen LogP contribution in [0.25, 0.3) is 23.6 Å². The number of thiazole rings is 2. The third-order valence-electron chi connectivity index (χ3n) is 10.5. The third kappa shape index (κ3) is 15.3. The van der Waals surface area contributed by atoms with Crippen molar-refractivity contribution in [2.24, 2.45) is 0 Å². The zero-order chi connectivity index (χ0) is 47.1. The van der Waals surface area contributed by atoms with Crippen molar-refractivity contribution in [3.63, 3.8) is 0 Å². The van der Waals surface area contributed by atoms with Crippen LogP contribution in [0.3, 0.4) is 0 Å². The monoisotopic (exact) mass is 926 g/mol. The Labute approximate surface area is 388 Å². The molecule has 15 nitrogen and oxygen atoms in total. The van der Waals surface area contributed by atoms with Crippen LogP contribution in [-0.4, -0.2) is 90.0 Å². The van der Waals surface area contributed by atoms with E-state index >= 15 is 0 Å². The molecule has 0 bridgehead atoms. The Morgan fingerprint density at radius 1 is 0.708 bits per heavy atom. The first kappa shape index (κ1) is 51.7. The van der Waals surface area contributed by atoms with Crippen LogP contribution in [0.4, 0.5) is 11.4 Å². The van der Waals surface area contributed by atoms with Gasteiger partial charge in [-0.05, 0) is 135 Å². The molecule has 17 heteroatoms. The molecule has 0 spiro atoms. The molecule has 2 fully saturated rings. The summed E-state index contributed by atoms with van der Waals surface area (Å²) in [5.41, 5.74) is 9.28. The molecule has 6 rings (SSSR count). The van der Waals surface area contributed by atoms with Crippen molar-refractivity contribution >= 4 is 69.6 Å². The number of carbonyl (C=O) groups is 2. The number of hydrogen-bond acceptors (Lipinski definition) is 15. The van der Waals surface area contributed by atoms with Gasteiger partial charge in [0.15, 0.2) is 11.1 Å². The maximum Gasteiger partial charge on any atom is 0.351 e. The molecule has 348 valence electrons. The second kappa shape index (κ2) is 27.4. The Kier molecular flexibility index (Phi) is 21.7. The lowest BCUT2D eigenvalue weighted by atomic mass is 10.1. The number of aromatic nitrogens is 2. The second-order valence-electron chi connectivity index (χ2n) is 15.0. The van der Waals surface area contributed by atoms with Crippen LogP contribution >= 0.6 is 22.7 Å². The predicted octanol–water partition coefficient (Wildman–Crippen LogP) is 3.50. The number of likely N-dealkylation sites (tertiary alicyclic amines) is 2. The number of ether oxygens (including phenoxy) is 3. The predicted molar refractivity (Wildman–Crippen MR) is 259 cm³/mol. The van der Waals surface area contributed by atoms with Crippen LogP contribution in [0.1, 0.15) is 71.4 Å². The van der Waals surface area contributed by atoms with E-state index < -0.39 is 11.9 Å². The SMILES string of the molecule is CCOC(=O)C(C#N)=c1sc(=CNc2cccc(CCN3CCCC3)c2)c(=O)n1CC.CCOC=c1sc(=C(C#N)C(=O)OCC)n(CC)c1=O.Nc1cccc(CCN2CCCC2)c1. The van der Waals surface area contributed by atoms with Gasteiger partial charge in [-0.3, -0.25) is 18.7 Å². The van der Waals surface area contributed by atoms with E-state index in [9.17, 15) is 24.4 Å². The lowest BCUT2D eigenvalue weighted by Gasteiger charge is -2.14. The zero-order valence-corrected chi connectivity index (χ0v) is 39.9. The second-order valence-corrected chi connectivity index (χ2v) is 17.0. The van der Waals surface area contributed by atoms with E-state index in [0.29, 0.717) is 38.1 Å². The number of nitriles is 2. The molecule has 3 N–H and O–H groups in total. The van der Waals surface area contributed by atoms with Gasteiger partial charge in [-0.25, -0.2) is 9.59 Å². The van der Waals surface area contributed by atoms with Crippen molar-refractivity contribution in [3.05, 3.63) is 98.8 Å². The minimum atomic E-state index is -0.721.